The first-order chi connectivity index (χ1) is 13.7. The maximum atomic E-state index is 6.37. The summed E-state index contributed by atoms with van der Waals surface area (Å²) >= 11 is 6.37. The number of fused-ring (bicyclic) bond motifs is 4. The summed E-state index contributed by atoms with van der Waals surface area (Å²) in [4.78, 5) is 6.27. The number of nitrogens with zero attached hydrogens (tertiary/aromatic N) is 1. The van der Waals surface area contributed by atoms with E-state index in [1.807, 2.05) is 18.2 Å². The van der Waals surface area contributed by atoms with Crippen LogP contribution in [0.2, 0.25) is 5.02 Å². The lowest BCUT2D eigenvalue weighted by molar-refractivity contribution is 0.121. The van der Waals surface area contributed by atoms with Crippen LogP contribution in [0.3, 0.4) is 0 Å². The van der Waals surface area contributed by atoms with Gasteiger partial charge in [-0.05, 0) is 54.7 Å². The minimum Gasteiger partial charge on any atom is -0.497 e. The molecule has 5 heteroatoms. The highest BCUT2D eigenvalue weighted by Crippen LogP contribution is 2.41. The van der Waals surface area contributed by atoms with Gasteiger partial charge in [0.2, 0.25) is 0 Å². The Morgan fingerprint density at radius 1 is 1.14 bits per heavy atom. The van der Waals surface area contributed by atoms with Gasteiger partial charge >= 0.3 is 0 Å². The normalized spacial score (nSPS) is 19.1. The molecular formula is C23H26ClN3O. The van der Waals surface area contributed by atoms with Gasteiger partial charge in [0.05, 0.1) is 12.6 Å². The van der Waals surface area contributed by atoms with E-state index in [1.54, 1.807) is 7.11 Å². The van der Waals surface area contributed by atoms with Crippen molar-refractivity contribution in [2.45, 2.75) is 31.3 Å². The molecule has 3 heterocycles. The fraction of sp³-hybridized carbons (Fsp3) is 0.391. The summed E-state index contributed by atoms with van der Waals surface area (Å²) < 4.78 is 5.45. The van der Waals surface area contributed by atoms with E-state index in [2.05, 4.69) is 39.5 Å². The average molecular weight is 396 g/mol. The molecule has 1 spiro atoms. The van der Waals surface area contributed by atoms with Gasteiger partial charge in [-0.3, -0.25) is 4.90 Å². The lowest BCUT2D eigenvalue weighted by atomic mass is 9.79. The first kappa shape index (κ1) is 18.0. The Kier molecular flexibility index (Phi) is 4.58. The van der Waals surface area contributed by atoms with Crippen molar-refractivity contribution in [3.8, 4) is 5.75 Å². The smallest absolute Gasteiger partial charge is 0.119 e. The molecule has 1 fully saturated rings. The topological polar surface area (TPSA) is 40.3 Å². The summed E-state index contributed by atoms with van der Waals surface area (Å²) in [5.41, 5.74) is 5.34. The molecule has 1 aromatic heterocycles. The quantitative estimate of drug-likeness (QED) is 0.687. The van der Waals surface area contributed by atoms with Crippen LogP contribution >= 0.6 is 11.6 Å². The van der Waals surface area contributed by atoms with Crippen LogP contribution in [-0.2, 0) is 18.5 Å². The van der Waals surface area contributed by atoms with E-state index in [9.17, 15) is 0 Å². The standard InChI is InChI=1S/C23H26ClN3O/c1-28-17-6-7-21-19(14-17)18-8-11-25-23(22(18)26-21)9-12-27(13-10-23)15-16-4-2-3-5-20(16)24/h2-7,14,25-26H,8-13,15H2,1H3. The van der Waals surface area contributed by atoms with E-state index in [-0.39, 0.29) is 5.54 Å². The third-order valence-electron chi connectivity index (χ3n) is 6.49. The van der Waals surface area contributed by atoms with Crippen molar-refractivity contribution in [1.29, 1.82) is 0 Å². The number of aromatic amines is 1. The third-order valence-corrected chi connectivity index (χ3v) is 6.86. The molecule has 28 heavy (non-hydrogen) atoms. The second kappa shape index (κ2) is 7.11. The number of likely N-dealkylation sites (tertiary alicyclic amines) is 1. The van der Waals surface area contributed by atoms with Crippen molar-refractivity contribution in [2.75, 3.05) is 26.7 Å². The van der Waals surface area contributed by atoms with Crippen molar-refractivity contribution in [3.63, 3.8) is 0 Å². The second-order valence-electron chi connectivity index (χ2n) is 8.02. The van der Waals surface area contributed by atoms with Crippen LogP contribution in [0.5, 0.6) is 5.75 Å². The van der Waals surface area contributed by atoms with Crippen LogP contribution in [0.1, 0.15) is 29.7 Å². The predicted molar refractivity (Wildman–Crippen MR) is 114 cm³/mol. The van der Waals surface area contributed by atoms with E-state index >= 15 is 0 Å². The van der Waals surface area contributed by atoms with Crippen LogP contribution in [0, 0.1) is 0 Å². The summed E-state index contributed by atoms with van der Waals surface area (Å²) in [6.07, 6.45) is 3.27. The number of benzene rings is 2. The van der Waals surface area contributed by atoms with E-state index < -0.39 is 0 Å². The van der Waals surface area contributed by atoms with E-state index in [1.165, 1.54) is 27.7 Å². The Labute approximate surface area is 170 Å². The van der Waals surface area contributed by atoms with Crippen LogP contribution in [-0.4, -0.2) is 36.6 Å². The summed E-state index contributed by atoms with van der Waals surface area (Å²) in [5.74, 6) is 0.927. The zero-order valence-corrected chi connectivity index (χ0v) is 17.0. The molecule has 0 atom stereocenters. The molecule has 2 N–H and O–H groups in total. The fourth-order valence-corrected chi connectivity index (χ4v) is 5.12. The summed E-state index contributed by atoms with van der Waals surface area (Å²) in [6, 6.07) is 14.5. The molecule has 0 bridgehead atoms. The lowest BCUT2D eigenvalue weighted by Gasteiger charge is -2.45. The predicted octanol–water partition coefficient (Wildman–Crippen LogP) is 4.47. The molecule has 4 nitrogen and oxygen atoms in total. The van der Waals surface area contributed by atoms with E-state index in [0.29, 0.717) is 0 Å². The maximum Gasteiger partial charge on any atom is 0.119 e. The Hall–Kier alpha value is -2.01. The molecule has 146 valence electrons. The zero-order valence-electron chi connectivity index (χ0n) is 16.2. The van der Waals surface area contributed by atoms with Gasteiger partial charge in [0.25, 0.3) is 0 Å². The number of hydrogen-bond acceptors (Lipinski definition) is 3. The van der Waals surface area contributed by atoms with Gasteiger partial charge in [-0.1, -0.05) is 29.8 Å². The van der Waals surface area contributed by atoms with Gasteiger partial charge in [-0.2, -0.15) is 0 Å². The Balaban J connectivity index is 1.40. The van der Waals surface area contributed by atoms with E-state index in [4.69, 9.17) is 16.3 Å². The highest BCUT2D eigenvalue weighted by molar-refractivity contribution is 6.31. The number of ether oxygens (including phenoxy) is 1. The number of piperidine rings is 1. The van der Waals surface area contributed by atoms with Crippen LogP contribution < -0.4 is 10.1 Å². The number of hydrogen-bond donors (Lipinski definition) is 2. The molecule has 2 aliphatic rings. The summed E-state index contributed by atoms with van der Waals surface area (Å²) in [6.45, 7) is 4.08. The SMILES string of the molecule is COc1ccc2[nH]c3c(c2c1)CCNC31CCN(Cc2ccccc2Cl)CC1. The van der Waals surface area contributed by atoms with Crippen molar-refractivity contribution < 1.29 is 4.74 Å². The van der Waals surface area contributed by atoms with Crippen molar-refractivity contribution in [1.82, 2.24) is 15.2 Å². The minimum absolute atomic E-state index is 0.0524. The van der Waals surface area contributed by atoms with Crippen molar-refractivity contribution >= 4 is 22.5 Å². The highest BCUT2D eigenvalue weighted by Gasteiger charge is 2.41. The van der Waals surface area contributed by atoms with Crippen LogP contribution in [0.4, 0.5) is 0 Å². The second-order valence-corrected chi connectivity index (χ2v) is 8.42. The van der Waals surface area contributed by atoms with Gasteiger partial charge in [-0.25, -0.2) is 0 Å². The highest BCUT2D eigenvalue weighted by atomic mass is 35.5. The molecule has 2 aromatic carbocycles. The monoisotopic (exact) mass is 395 g/mol. The van der Waals surface area contributed by atoms with Gasteiger partial charge in [-0.15, -0.1) is 0 Å². The number of H-pyrrole nitrogens is 1. The maximum absolute atomic E-state index is 6.37. The molecule has 3 aromatic rings. The number of halogens is 1. The molecule has 0 radical (unpaired) electrons. The molecular weight excluding hydrogens is 370 g/mol. The third kappa shape index (κ3) is 3.00. The average Bonchev–Trinajstić information content (AvgIpc) is 3.11. The number of nitrogens with one attached hydrogen (secondary N) is 2. The van der Waals surface area contributed by atoms with Crippen molar-refractivity contribution in [3.05, 3.63) is 64.3 Å². The van der Waals surface area contributed by atoms with Crippen LogP contribution in [0.25, 0.3) is 10.9 Å². The first-order valence-electron chi connectivity index (χ1n) is 10.1. The Morgan fingerprint density at radius 3 is 2.75 bits per heavy atom. The van der Waals surface area contributed by atoms with Crippen molar-refractivity contribution in [2.24, 2.45) is 0 Å². The molecule has 0 saturated carbocycles. The number of rotatable bonds is 3. The van der Waals surface area contributed by atoms with Gasteiger partial charge in [0, 0.05) is 47.8 Å². The molecule has 0 unspecified atom stereocenters. The summed E-state index contributed by atoms with van der Waals surface area (Å²) in [7, 11) is 1.73. The Bertz CT molecular complexity index is 1000. The van der Waals surface area contributed by atoms with Gasteiger partial charge < -0.3 is 15.0 Å². The minimum atomic E-state index is 0.0524. The molecule has 0 aliphatic carbocycles. The lowest BCUT2D eigenvalue weighted by Crippen LogP contribution is -2.54. The number of methoxy groups -OCH3 is 1. The van der Waals surface area contributed by atoms with Crippen LogP contribution in [0.15, 0.2) is 42.5 Å². The first-order valence-corrected chi connectivity index (χ1v) is 10.5. The largest absolute Gasteiger partial charge is 0.497 e. The molecule has 5 rings (SSSR count). The molecule has 0 amide bonds. The zero-order chi connectivity index (χ0) is 19.1. The van der Waals surface area contributed by atoms with Gasteiger partial charge in [0.1, 0.15) is 5.75 Å². The molecule has 1 saturated heterocycles. The fourth-order valence-electron chi connectivity index (χ4n) is 4.92. The van der Waals surface area contributed by atoms with Gasteiger partial charge in [0.15, 0.2) is 0 Å². The molecule has 2 aliphatic heterocycles. The summed E-state index contributed by atoms with van der Waals surface area (Å²) in [5, 5.41) is 6.04. The number of aromatic nitrogens is 1. The van der Waals surface area contributed by atoms with E-state index in [0.717, 1.165) is 56.2 Å². The Morgan fingerprint density at radius 2 is 1.96 bits per heavy atom.